The van der Waals surface area contributed by atoms with Crippen LogP contribution in [0.1, 0.15) is 30.4 Å². The van der Waals surface area contributed by atoms with Gasteiger partial charge in [-0.05, 0) is 60.9 Å². The highest BCUT2D eigenvalue weighted by Gasteiger charge is 2.24. The smallest absolute Gasteiger partial charge is 0.257 e. The second-order valence-electron chi connectivity index (χ2n) is 7.44. The lowest BCUT2D eigenvalue weighted by atomic mass is 10.1. The van der Waals surface area contributed by atoms with E-state index in [0.29, 0.717) is 31.5 Å². The maximum atomic E-state index is 12.9. The van der Waals surface area contributed by atoms with Crippen LogP contribution in [0.15, 0.2) is 40.1 Å². The lowest BCUT2D eigenvalue weighted by Crippen LogP contribution is -2.43. The van der Waals surface area contributed by atoms with E-state index in [1.165, 1.54) is 17.5 Å². The molecule has 0 saturated heterocycles. The number of hydrogen-bond acceptors (Lipinski definition) is 7. The lowest BCUT2D eigenvalue weighted by molar-refractivity contribution is -0.121. The highest BCUT2D eigenvalue weighted by Crippen LogP contribution is 2.26. The first-order chi connectivity index (χ1) is 14.6. The monoisotopic (exact) mass is 426 g/mol. The first-order valence-electron chi connectivity index (χ1n) is 10.2. The van der Waals surface area contributed by atoms with Gasteiger partial charge in [-0.15, -0.1) is 21.5 Å². The number of fused-ring (bicyclic) bond motifs is 1. The minimum absolute atomic E-state index is 0.0676. The number of thiophene rings is 1. The van der Waals surface area contributed by atoms with Gasteiger partial charge >= 0.3 is 0 Å². The molecule has 0 saturated carbocycles. The van der Waals surface area contributed by atoms with Crippen molar-refractivity contribution in [2.24, 2.45) is 0 Å². The van der Waals surface area contributed by atoms with Crippen molar-refractivity contribution in [2.75, 3.05) is 25.6 Å². The zero-order valence-corrected chi connectivity index (χ0v) is 18.1. The fourth-order valence-electron chi connectivity index (χ4n) is 3.67. The summed E-state index contributed by atoms with van der Waals surface area (Å²) in [7, 11) is 1.65. The summed E-state index contributed by atoms with van der Waals surface area (Å²) in [6.45, 7) is 3.34. The van der Waals surface area contributed by atoms with Crippen LogP contribution in [0.25, 0.3) is 10.8 Å². The van der Waals surface area contributed by atoms with Crippen LogP contribution in [-0.2, 0) is 28.9 Å². The third kappa shape index (κ3) is 4.77. The van der Waals surface area contributed by atoms with Gasteiger partial charge < -0.3 is 14.5 Å². The van der Waals surface area contributed by atoms with Crippen LogP contribution < -0.4 is 5.32 Å². The minimum Gasteiger partial charge on any atom is -0.419 e. The third-order valence-corrected chi connectivity index (χ3v) is 6.27. The molecule has 1 atom stereocenters. The van der Waals surface area contributed by atoms with Gasteiger partial charge in [0.15, 0.2) is 0 Å². The number of amides is 1. The van der Waals surface area contributed by atoms with Crippen LogP contribution in [0.3, 0.4) is 0 Å². The number of nitrogens with zero attached hydrogens (tertiary/aromatic N) is 3. The summed E-state index contributed by atoms with van der Waals surface area (Å²) in [5.74, 6) is 0.913. The number of methoxy groups -OCH3 is 1. The van der Waals surface area contributed by atoms with Crippen molar-refractivity contribution in [3.05, 3.63) is 52.7 Å². The molecule has 8 heteroatoms. The second kappa shape index (κ2) is 9.51. The Morgan fingerprint density at radius 1 is 1.30 bits per heavy atom. The van der Waals surface area contributed by atoms with Crippen molar-refractivity contribution in [3.63, 3.8) is 0 Å². The van der Waals surface area contributed by atoms with Gasteiger partial charge in [0.25, 0.3) is 5.89 Å². The van der Waals surface area contributed by atoms with E-state index in [1.54, 1.807) is 18.4 Å². The van der Waals surface area contributed by atoms with Crippen LogP contribution >= 0.6 is 11.3 Å². The molecule has 30 heavy (non-hydrogen) atoms. The molecular weight excluding hydrogens is 400 g/mol. The number of aryl methyl sites for hydroxylation is 2. The molecular formula is C22H26N4O3S. The summed E-state index contributed by atoms with van der Waals surface area (Å²) in [5, 5.41) is 13.3. The number of carbonyl (C=O) groups excluding carboxylic acids is 1. The summed E-state index contributed by atoms with van der Waals surface area (Å²) in [5.41, 5.74) is 3.57. The van der Waals surface area contributed by atoms with Crippen LogP contribution in [0.5, 0.6) is 0 Å². The molecule has 1 aliphatic rings. The number of nitrogens with one attached hydrogen (secondary N) is 1. The van der Waals surface area contributed by atoms with E-state index in [2.05, 4.69) is 27.6 Å². The number of rotatable bonds is 9. The van der Waals surface area contributed by atoms with Crippen molar-refractivity contribution >= 4 is 22.9 Å². The Bertz CT molecular complexity index is 986. The fraction of sp³-hybridized carbons (Fsp3) is 0.409. The van der Waals surface area contributed by atoms with Gasteiger partial charge in [-0.25, -0.2) is 0 Å². The SMILES string of the molecule is COCCN(Cc1nnc(-c2cccs2)o1)[C@@H](C)C(=O)Nc1ccc2c(c1)CCC2. The Morgan fingerprint density at radius 3 is 2.97 bits per heavy atom. The minimum atomic E-state index is -0.384. The molecule has 1 amide bonds. The molecule has 1 N–H and O–H groups in total. The van der Waals surface area contributed by atoms with Gasteiger partial charge in [-0.2, -0.15) is 0 Å². The van der Waals surface area contributed by atoms with E-state index >= 15 is 0 Å². The Morgan fingerprint density at radius 2 is 2.17 bits per heavy atom. The summed E-state index contributed by atoms with van der Waals surface area (Å²) in [6.07, 6.45) is 3.40. The van der Waals surface area contributed by atoms with Crippen molar-refractivity contribution in [3.8, 4) is 10.8 Å². The van der Waals surface area contributed by atoms with Gasteiger partial charge in [0.05, 0.1) is 24.1 Å². The second-order valence-corrected chi connectivity index (χ2v) is 8.39. The first-order valence-corrected chi connectivity index (χ1v) is 11.0. The molecule has 4 rings (SSSR count). The van der Waals surface area contributed by atoms with Gasteiger partial charge in [-0.1, -0.05) is 12.1 Å². The van der Waals surface area contributed by atoms with E-state index in [1.807, 2.05) is 35.4 Å². The van der Waals surface area contributed by atoms with Gasteiger partial charge in [0.1, 0.15) is 0 Å². The Labute approximate surface area is 180 Å². The van der Waals surface area contributed by atoms with Crippen LogP contribution in [0.2, 0.25) is 0 Å². The standard InChI is InChI=1S/C22H26N4O3S/c1-15(21(27)23-18-9-8-16-5-3-6-17(16)13-18)26(10-11-28-2)14-20-24-25-22(29-20)19-7-4-12-30-19/h4,7-9,12-13,15H,3,5-6,10-11,14H2,1-2H3,(H,23,27)/t15-/m0/s1. The van der Waals surface area contributed by atoms with E-state index in [-0.39, 0.29) is 11.9 Å². The molecule has 0 fully saturated rings. The van der Waals surface area contributed by atoms with E-state index < -0.39 is 0 Å². The highest BCUT2D eigenvalue weighted by atomic mass is 32.1. The largest absolute Gasteiger partial charge is 0.419 e. The van der Waals surface area contributed by atoms with Crippen LogP contribution in [-0.4, -0.2) is 47.3 Å². The normalized spacial score (nSPS) is 14.1. The number of anilines is 1. The Balaban J connectivity index is 1.43. The molecule has 0 bridgehead atoms. The Hall–Kier alpha value is -2.55. The summed E-state index contributed by atoms with van der Waals surface area (Å²) in [4.78, 5) is 15.9. The fourth-order valence-corrected chi connectivity index (χ4v) is 4.32. The summed E-state index contributed by atoms with van der Waals surface area (Å²) in [6, 6.07) is 9.70. The molecule has 0 aliphatic heterocycles. The van der Waals surface area contributed by atoms with Crippen LogP contribution in [0, 0.1) is 0 Å². The van der Waals surface area contributed by atoms with Crippen molar-refractivity contribution in [1.29, 1.82) is 0 Å². The summed E-state index contributed by atoms with van der Waals surface area (Å²) < 4.78 is 11.0. The molecule has 2 aromatic heterocycles. The highest BCUT2D eigenvalue weighted by molar-refractivity contribution is 7.13. The van der Waals surface area contributed by atoms with E-state index in [0.717, 1.165) is 23.4 Å². The molecule has 0 radical (unpaired) electrons. The maximum absolute atomic E-state index is 12.9. The molecule has 7 nitrogen and oxygen atoms in total. The van der Waals surface area contributed by atoms with Gasteiger partial charge in [0.2, 0.25) is 11.8 Å². The molecule has 158 valence electrons. The molecule has 2 heterocycles. The maximum Gasteiger partial charge on any atom is 0.257 e. The number of carbonyl (C=O) groups is 1. The van der Waals surface area contributed by atoms with E-state index in [4.69, 9.17) is 9.15 Å². The quantitative estimate of drug-likeness (QED) is 0.561. The zero-order chi connectivity index (χ0) is 20.9. The zero-order valence-electron chi connectivity index (χ0n) is 17.3. The molecule has 1 aromatic carbocycles. The predicted molar refractivity (Wildman–Crippen MR) is 116 cm³/mol. The number of ether oxygens (including phenoxy) is 1. The molecule has 0 spiro atoms. The average molecular weight is 427 g/mol. The average Bonchev–Trinajstić information content (AvgIpc) is 3.51. The summed E-state index contributed by atoms with van der Waals surface area (Å²) >= 11 is 1.55. The van der Waals surface area contributed by atoms with Gasteiger partial charge in [-0.3, -0.25) is 9.69 Å². The topological polar surface area (TPSA) is 80.5 Å². The predicted octanol–water partition coefficient (Wildman–Crippen LogP) is 3.76. The van der Waals surface area contributed by atoms with Crippen molar-refractivity contribution in [1.82, 2.24) is 15.1 Å². The first kappa shape index (κ1) is 20.7. The number of hydrogen-bond donors (Lipinski definition) is 1. The molecule has 1 aliphatic carbocycles. The lowest BCUT2D eigenvalue weighted by Gasteiger charge is -2.26. The third-order valence-electron chi connectivity index (χ3n) is 5.41. The molecule has 3 aromatic rings. The van der Waals surface area contributed by atoms with Gasteiger partial charge in [0, 0.05) is 19.3 Å². The Kier molecular flexibility index (Phi) is 6.56. The number of aromatic nitrogens is 2. The van der Waals surface area contributed by atoms with Crippen molar-refractivity contribution < 1.29 is 13.9 Å². The van der Waals surface area contributed by atoms with E-state index in [9.17, 15) is 4.79 Å². The van der Waals surface area contributed by atoms with Crippen LogP contribution in [0.4, 0.5) is 5.69 Å². The molecule has 0 unspecified atom stereocenters. The number of benzene rings is 1. The van der Waals surface area contributed by atoms with Crippen molar-refractivity contribution in [2.45, 2.75) is 38.8 Å².